The Balaban J connectivity index is 2.83. The molecule has 4 N–H and O–H groups in total. The van der Waals surface area contributed by atoms with Crippen LogP contribution in [0.2, 0.25) is 0 Å². The van der Waals surface area contributed by atoms with E-state index in [1.54, 1.807) is 0 Å². The smallest absolute Gasteiger partial charge is 0.00482 e. The summed E-state index contributed by atoms with van der Waals surface area (Å²) in [5, 5.41) is 0. The Hall–Kier alpha value is -0.0800. The Morgan fingerprint density at radius 2 is 2.14 bits per heavy atom. The van der Waals surface area contributed by atoms with Crippen LogP contribution in [0.25, 0.3) is 0 Å². The van der Waals surface area contributed by atoms with E-state index in [9.17, 15) is 0 Å². The molecule has 0 saturated heterocycles. The molecule has 0 heterocycles. The number of hydrogen-bond donors (Lipinski definition) is 2. The molecule has 0 saturated carbocycles. The first-order valence-electron chi connectivity index (χ1n) is 2.77. The highest BCUT2D eigenvalue weighted by molar-refractivity contribution is 4.56. The largest absolute Gasteiger partial charge is 0.330 e. The second kappa shape index (κ2) is 4.09. The quantitative estimate of drug-likeness (QED) is 0.530. The molecule has 0 rings (SSSR count). The van der Waals surface area contributed by atoms with Crippen LogP contribution in [0.4, 0.5) is 0 Å². The first-order chi connectivity index (χ1) is 3.31. The molecule has 0 aromatic heterocycles. The van der Waals surface area contributed by atoms with Crippen molar-refractivity contribution in [2.75, 3.05) is 6.54 Å². The molecule has 0 fully saturated rings. The predicted octanol–water partition coefficient (Wildman–Crippen LogP) is 0.0725. The zero-order chi connectivity index (χ0) is 5.70. The van der Waals surface area contributed by atoms with Crippen LogP contribution in [0.1, 0.15) is 19.8 Å². The zero-order valence-electron chi connectivity index (χ0n) is 4.85. The van der Waals surface area contributed by atoms with E-state index in [1.165, 1.54) is 0 Å². The Morgan fingerprint density at radius 1 is 1.57 bits per heavy atom. The van der Waals surface area contributed by atoms with Gasteiger partial charge >= 0.3 is 0 Å². The van der Waals surface area contributed by atoms with Crippen LogP contribution in [-0.2, 0) is 0 Å². The van der Waals surface area contributed by atoms with Crippen LogP contribution in [0.5, 0.6) is 0 Å². The van der Waals surface area contributed by atoms with Gasteiger partial charge in [-0.05, 0) is 19.4 Å². The van der Waals surface area contributed by atoms with Crippen LogP contribution in [0.3, 0.4) is 0 Å². The van der Waals surface area contributed by atoms with Crippen molar-refractivity contribution in [1.82, 2.24) is 0 Å². The minimum absolute atomic E-state index is 0.324. The van der Waals surface area contributed by atoms with Crippen LogP contribution < -0.4 is 11.5 Å². The molecule has 0 bridgehead atoms. The molecule has 2 heteroatoms. The van der Waals surface area contributed by atoms with Gasteiger partial charge in [0.25, 0.3) is 0 Å². The van der Waals surface area contributed by atoms with Gasteiger partial charge in [0.2, 0.25) is 0 Å². The van der Waals surface area contributed by atoms with Gasteiger partial charge in [0.15, 0.2) is 0 Å². The van der Waals surface area contributed by atoms with E-state index in [4.69, 9.17) is 11.5 Å². The maximum absolute atomic E-state index is 5.50. The number of hydrogen-bond acceptors (Lipinski definition) is 2. The van der Waals surface area contributed by atoms with Crippen molar-refractivity contribution in [2.45, 2.75) is 25.8 Å². The predicted molar refractivity (Wildman–Crippen MR) is 31.9 cm³/mol. The van der Waals surface area contributed by atoms with Gasteiger partial charge in [0.05, 0.1) is 0 Å². The molecule has 0 amide bonds. The molecule has 0 radical (unpaired) electrons. The Kier molecular flexibility index (Phi) is 4.04. The summed E-state index contributed by atoms with van der Waals surface area (Å²) in [4.78, 5) is 0. The second-order valence-corrected chi connectivity index (χ2v) is 1.75. The number of nitrogens with two attached hydrogens (primary N) is 2. The fourth-order valence-corrected chi connectivity index (χ4v) is 0.418. The Labute approximate surface area is 44.9 Å². The lowest BCUT2D eigenvalue weighted by atomic mass is 10.2. The van der Waals surface area contributed by atoms with Gasteiger partial charge in [-0.1, -0.05) is 6.92 Å². The SMILES string of the molecule is CC[C@H](N)CCN. The van der Waals surface area contributed by atoms with E-state index in [0.29, 0.717) is 6.04 Å². The van der Waals surface area contributed by atoms with E-state index in [-0.39, 0.29) is 0 Å². The molecule has 2 nitrogen and oxygen atoms in total. The summed E-state index contributed by atoms with van der Waals surface area (Å²) < 4.78 is 0. The minimum atomic E-state index is 0.324. The van der Waals surface area contributed by atoms with Crippen LogP contribution in [-0.4, -0.2) is 12.6 Å². The third kappa shape index (κ3) is 3.76. The number of rotatable bonds is 3. The molecular formula is C5H14N2. The Morgan fingerprint density at radius 3 is 2.29 bits per heavy atom. The summed E-state index contributed by atoms with van der Waals surface area (Å²) in [6.07, 6.45) is 1.99. The van der Waals surface area contributed by atoms with Crippen molar-refractivity contribution in [3.63, 3.8) is 0 Å². The minimum Gasteiger partial charge on any atom is -0.330 e. The molecule has 0 aromatic rings. The highest BCUT2D eigenvalue weighted by Crippen LogP contribution is 1.88. The fraction of sp³-hybridized carbons (Fsp3) is 1.00. The Bertz CT molecular complexity index is 37.1. The average Bonchev–Trinajstić information content (AvgIpc) is 1.68. The summed E-state index contributed by atoms with van der Waals surface area (Å²) >= 11 is 0. The lowest BCUT2D eigenvalue weighted by Crippen LogP contribution is -2.22. The third-order valence-corrected chi connectivity index (χ3v) is 1.06. The van der Waals surface area contributed by atoms with Crippen molar-refractivity contribution < 1.29 is 0 Å². The maximum Gasteiger partial charge on any atom is 0.00482 e. The van der Waals surface area contributed by atoms with Crippen molar-refractivity contribution in [2.24, 2.45) is 11.5 Å². The molecule has 0 aliphatic carbocycles. The normalized spacial score (nSPS) is 14.1. The van der Waals surface area contributed by atoms with Gasteiger partial charge < -0.3 is 11.5 Å². The summed E-state index contributed by atoms with van der Waals surface area (Å²) in [6, 6.07) is 0.324. The first-order valence-corrected chi connectivity index (χ1v) is 2.77. The molecule has 0 spiro atoms. The topological polar surface area (TPSA) is 52.0 Å². The van der Waals surface area contributed by atoms with Gasteiger partial charge in [-0.25, -0.2) is 0 Å². The summed E-state index contributed by atoms with van der Waals surface area (Å²) in [7, 11) is 0. The lowest BCUT2D eigenvalue weighted by molar-refractivity contribution is 0.604. The van der Waals surface area contributed by atoms with Gasteiger partial charge in [0.1, 0.15) is 0 Å². The summed E-state index contributed by atoms with van der Waals surface area (Å²) in [6.45, 7) is 2.79. The van der Waals surface area contributed by atoms with Crippen molar-refractivity contribution in [3.05, 3.63) is 0 Å². The fourth-order valence-electron chi connectivity index (χ4n) is 0.418. The average molecular weight is 102 g/mol. The molecule has 1 atom stereocenters. The maximum atomic E-state index is 5.50. The van der Waals surface area contributed by atoms with E-state index in [2.05, 4.69) is 6.92 Å². The van der Waals surface area contributed by atoms with Gasteiger partial charge in [-0.15, -0.1) is 0 Å². The lowest BCUT2D eigenvalue weighted by Gasteiger charge is -2.03. The van der Waals surface area contributed by atoms with E-state index >= 15 is 0 Å². The van der Waals surface area contributed by atoms with Gasteiger partial charge in [0, 0.05) is 6.04 Å². The second-order valence-electron chi connectivity index (χ2n) is 1.75. The highest BCUT2D eigenvalue weighted by Gasteiger charge is 1.92. The first kappa shape index (κ1) is 6.92. The van der Waals surface area contributed by atoms with Crippen LogP contribution in [0.15, 0.2) is 0 Å². The van der Waals surface area contributed by atoms with E-state index in [0.717, 1.165) is 19.4 Å². The summed E-state index contributed by atoms with van der Waals surface area (Å²) in [5.41, 5.74) is 10.7. The highest BCUT2D eigenvalue weighted by atomic mass is 14.6. The van der Waals surface area contributed by atoms with E-state index in [1.807, 2.05) is 0 Å². The molecule has 44 valence electrons. The molecule has 0 aliphatic heterocycles. The molecular weight excluding hydrogens is 88.1 g/mol. The van der Waals surface area contributed by atoms with Crippen molar-refractivity contribution in [3.8, 4) is 0 Å². The summed E-state index contributed by atoms with van der Waals surface area (Å²) in [5.74, 6) is 0. The monoisotopic (exact) mass is 102 g/mol. The van der Waals surface area contributed by atoms with Gasteiger partial charge in [-0.2, -0.15) is 0 Å². The van der Waals surface area contributed by atoms with Crippen LogP contribution >= 0.6 is 0 Å². The molecule has 7 heavy (non-hydrogen) atoms. The standard InChI is InChI=1S/C5H14N2/c1-2-5(7)3-4-6/h5H,2-4,6-7H2,1H3/t5-/m0/s1. The van der Waals surface area contributed by atoms with Crippen LogP contribution in [0, 0.1) is 0 Å². The molecule has 0 aliphatic rings. The van der Waals surface area contributed by atoms with Gasteiger partial charge in [-0.3, -0.25) is 0 Å². The van der Waals surface area contributed by atoms with Crippen molar-refractivity contribution in [1.29, 1.82) is 0 Å². The molecule has 0 unspecified atom stereocenters. The zero-order valence-corrected chi connectivity index (χ0v) is 4.85. The third-order valence-electron chi connectivity index (χ3n) is 1.06. The van der Waals surface area contributed by atoms with E-state index < -0.39 is 0 Å². The molecule has 0 aromatic carbocycles. The van der Waals surface area contributed by atoms with Crippen molar-refractivity contribution >= 4 is 0 Å².